The Labute approximate surface area is 105 Å². The highest BCUT2D eigenvalue weighted by Gasteiger charge is 2.16. The van der Waals surface area contributed by atoms with Crippen LogP contribution in [0.2, 0.25) is 0 Å². The molecule has 0 saturated carbocycles. The number of pyridine rings is 1. The predicted molar refractivity (Wildman–Crippen MR) is 62.0 cm³/mol. The average Bonchev–Trinajstić information content (AvgIpc) is 2.37. The predicted octanol–water partition coefficient (Wildman–Crippen LogP) is -0.761. The third-order valence-corrected chi connectivity index (χ3v) is 3.44. The van der Waals surface area contributed by atoms with Gasteiger partial charge in [-0.25, -0.2) is 18.1 Å². The fourth-order valence-electron chi connectivity index (χ4n) is 1.15. The Bertz CT molecular complexity index is 521. The molecule has 2 N–H and O–H groups in total. The number of nitriles is 1. The summed E-state index contributed by atoms with van der Waals surface area (Å²) in [6.07, 6.45) is 0.167. The lowest BCUT2D eigenvalue weighted by Crippen LogP contribution is -2.34. The molecule has 1 unspecified atom stereocenters. The molecule has 0 amide bonds. The van der Waals surface area contributed by atoms with Crippen molar-refractivity contribution in [3.05, 3.63) is 24.0 Å². The van der Waals surface area contributed by atoms with E-state index < -0.39 is 16.1 Å². The molecule has 0 aliphatic heterocycles. The van der Waals surface area contributed by atoms with Gasteiger partial charge in [0.15, 0.2) is 0 Å². The highest BCUT2D eigenvalue weighted by molar-refractivity contribution is 7.89. The van der Waals surface area contributed by atoms with Gasteiger partial charge in [-0.1, -0.05) is 0 Å². The molecule has 0 aliphatic carbocycles. The Morgan fingerprint density at radius 2 is 2.33 bits per heavy atom. The second kappa shape index (κ2) is 6.42. The molecule has 1 aromatic rings. The smallest absolute Gasteiger partial charge is 0.242 e. The first-order valence-electron chi connectivity index (χ1n) is 5.02. The first-order valence-corrected chi connectivity index (χ1v) is 6.50. The number of aromatic nitrogens is 1. The van der Waals surface area contributed by atoms with Gasteiger partial charge in [-0.15, -0.1) is 0 Å². The zero-order valence-corrected chi connectivity index (χ0v) is 10.5. The number of sulfonamides is 1. The normalized spacial score (nSPS) is 12.9. The van der Waals surface area contributed by atoms with E-state index in [-0.39, 0.29) is 23.7 Å². The minimum Gasteiger partial charge on any atom is -0.389 e. The van der Waals surface area contributed by atoms with E-state index in [0.29, 0.717) is 0 Å². The fraction of sp³-hybridized carbons (Fsp3) is 0.400. The number of aliphatic hydroxyl groups is 1. The topological polar surface area (TPSA) is 112 Å². The molecule has 8 heteroatoms. The van der Waals surface area contributed by atoms with Gasteiger partial charge in [-0.2, -0.15) is 5.26 Å². The Morgan fingerprint density at radius 1 is 1.61 bits per heavy atom. The van der Waals surface area contributed by atoms with E-state index in [9.17, 15) is 13.5 Å². The lowest BCUT2D eigenvalue weighted by atomic mass is 10.4. The van der Waals surface area contributed by atoms with Crippen LogP contribution in [0.3, 0.4) is 0 Å². The van der Waals surface area contributed by atoms with Crippen LogP contribution in [0.4, 0.5) is 0 Å². The largest absolute Gasteiger partial charge is 0.389 e. The second-order valence-electron chi connectivity index (χ2n) is 3.45. The maximum Gasteiger partial charge on any atom is 0.242 e. The zero-order chi connectivity index (χ0) is 13.6. The highest BCUT2D eigenvalue weighted by Crippen LogP contribution is 2.07. The van der Waals surface area contributed by atoms with Gasteiger partial charge in [0.25, 0.3) is 0 Å². The summed E-state index contributed by atoms with van der Waals surface area (Å²) in [7, 11) is -2.33. The molecular formula is C10H13N3O4S. The Kier molecular flexibility index (Phi) is 5.18. The molecule has 1 aromatic heterocycles. The van der Waals surface area contributed by atoms with Gasteiger partial charge in [0.2, 0.25) is 10.0 Å². The van der Waals surface area contributed by atoms with Gasteiger partial charge < -0.3 is 9.84 Å². The van der Waals surface area contributed by atoms with Crippen LogP contribution in [0.5, 0.6) is 0 Å². The van der Waals surface area contributed by atoms with Crippen molar-refractivity contribution < 1.29 is 18.3 Å². The number of nitrogens with one attached hydrogen (secondary N) is 1. The van der Waals surface area contributed by atoms with E-state index in [4.69, 9.17) is 5.26 Å². The van der Waals surface area contributed by atoms with Crippen LogP contribution in [0.15, 0.2) is 23.2 Å². The zero-order valence-electron chi connectivity index (χ0n) is 9.70. The number of rotatable bonds is 6. The van der Waals surface area contributed by atoms with Gasteiger partial charge in [0.1, 0.15) is 16.7 Å². The number of aliphatic hydroxyl groups excluding tert-OH is 1. The third kappa shape index (κ3) is 4.05. The Morgan fingerprint density at radius 3 is 2.83 bits per heavy atom. The summed E-state index contributed by atoms with van der Waals surface area (Å²) in [5.74, 6) is 0. The van der Waals surface area contributed by atoms with E-state index in [0.717, 1.165) is 6.20 Å². The minimum absolute atomic E-state index is 0.0359. The first kappa shape index (κ1) is 14.5. The van der Waals surface area contributed by atoms with Crippen LogP contribution in [0.1, 0.15) is 5.69 Å². The second-order valence-corrected chi connectivity index (χ2v) is 5.22. The SMILES string of the molecule is COCC(O)CNS(=O)(=O)c1ccc(C#N)nc1. The molecule has 0 saturated heterocycles. The standard InChI is InChI=1S/C10H13N3O4S/c1-17-7-9(14)5-13-18(15,16)10-3-2-8(4-11)12-6-10/h2-3,6,9,13-14H,5,7H2,1H3. The van der Waals surface area contributed by atoms with Crippen molar-refractivity contribution in [1.82, 2.24) is 9.71 Å². The first-order chi connectivity index (χ1) is 8.49. The molecule has 1 rings (SSSR count). The lowest BCUT2D eigenvalue weighted by molar-refractivity contribution is 0.0679. The molecule has 7 nitrogen and oxygen atoms in total. The van der Waals surface area contributed by atoms with Crippen molar-refractivity contribution in [2.75, 3.05) is 20.3 Å². The summed E-state index contributed by atoms with van der Waals surface area (Å²) in [5.41, 5.74) is 0.133. The van der Waals surface area contributed by atoms with Crippen molar-refractivity contribution in [1.29, 1.82) is 5.26 Å². The van der Waals surface area contributed by atoms with Crippen LogP contribution in [-0.2, 0) is 14.8 Å². The van der Waals surface area contributed by atoms with Crippen LogP contribution in [0.25, 0.3) is 0 Å². The molecular weight excluding hydrogens is 258 g/mol. The third-order valence-electron chi connectivity index (χ3n) is 2.03. The number of methoxy groups -OCH3 is 1. The number of ether oxygens (including phenoxy) is 1. The summed E-state index contributed by atoms with van der Waals surface area (Å²) in [4.78, 5) is 3.60. The molecule has 18 heavy (non-hydrogen) atoms. The number of hydrogen-bond acceptors (Lipinski definition) is 6. The summed E-state index contributed by atoms with van der Waals surface area (Å²) >= 11 is 0. The summed E-state index contributed by atoms with van der Waals surface area (Å²) in [6, 6.07) is 4.37. The van der Waals surface area contributed by atoms with Gasteiger partial charge in [-0.3, -0.25) is 0 Å². The molecule has 1 atom stereocenters. The van der Waals surface area contributed by atoms with Crippen molar-refractivity contribution >= 4 is 10.0 Å². The van der Waals surface area contributed by atoms with Crippen molar-refractivity contribution in [2.24, 2.45) is 0 Å². The monoisotopic (exact) mass is 271 g/mol. The molecule has 0 bridgehead atoms. The average molecular weight is 271 g/mol. The van der Waals surface area contributed by atoms with Crippen LogP contribution in [-0.4, -0.2) is 44.9 Å². The fourth-order valence-corrected chi connectivity index (χ4v) is 2.16. The highest BCUT2D eigenvalue weighted by atomic mass is 32.2. The van der Waals surface area contributed by atoms with E-state index in [1.54, 1.807) is 6.07 Å². The van der Waals surface area contributed by atoms with Gasteiger partial charge >= 0.3 is 0 Å². The summed E-state index contributed by atoms with van der Waals surface area (Å²) in [6.45, 7) is -0.121. The van der Waals surface area contributed by atoms with Crippen LogP contribution >= 0.6 is 0 Å². The van der Waals surface area contributed by atoms with Gasteiger partial charge in [0, 0.05) is 19.9 Å². The molecule has 0 spiro atoms. The van der Waals surface area contributed by atoms with E-state index in [2.05, 4.69) is 14.4 Å². The van der Waals surface area contributed by atoms with Crippen LogP contribution in [0, 0.1) is 11.3 Å². The number of nitrogens with zero attached hydrogens (tertiary/aromatic N) is 2. The van der Waals surface area contributed by atoms with Gasteiger partial charge in [0.05, 0.1) is 12.7 Å². The van der Waals surface area contributed by atoms with Gasteiger partial charge in [-0.05, 0) is 12.1 Å². The summed E-state index contributed by atoms with van der Waals surface area (Å²) < 4.78 is 30.4. The molecule has 0 aromatic carbocycles. The Balaban J connectivity index is 2.71. The quantitative estimate of drug-likeness (QED) is 0.703. The Hall–Kier alpha value is -1.53. The maximum atomic E-state index is 11.8. The number of hydrogen-bond donors (Lipinski definition) is 2. The lowest BCUT2D eigenvalue weighted by Gasteiger charge is -2.11. The molecule has 98 valence electrons. The summed E-state index contributed by atoms with van der Waals surface area (Å²) in [5, 5.41) is 17.9. The van der Waals surface area contributed by atoms with E-state index >= 15 is 0 Å². The van der Waals surface area contributed by atoms with E-state index in [1.165, 1.54) is 19.2 Å². The van der Waals surface area contributed by atoms with Crippen molar-refractivity contribution in [2.45, 2.75) is 11.0 Å². The molecule has 0 radical (unpaired) electrons. The van der Waals surface area contributed by atoms with Crippen molar-refractivity contribution in [3.63, 3.8) is 0 Å². The molecule has 0 aliphatic rings. The molecule has 1 heterocycles. The minimum atomic E-state index is -3.74. The molecule has 0 fully saturated rings. The van der Waals surface area contributed by atoms with Crippen molar-refractivity contribution in [3.8, 4) is 6.07 Å². The maximum absolute atomic E-state index is 11.8. The van der Waals surface area contributed by atoms with Crippen LogP contribution < -0.4 is 4.72 Å². The van der Waals surface area contributed by atoms with E-state index in [1.807, 2.05) is 0 Å².